The van der Waals surface area contributed by atoms with Crippen LogP contribution in [0.3, 0.4) is 0 Å². The molecule has 1 rings (SSSR count). The van der Waals surface area contributed by atoms with Crippen molar-refractivity contribution in [3.63, 3.8) is 0 Å². The molecule has 1 aromatic rings. The minimum absolute atomic E-state index is 0.0251. The number of hydrogen-bond acceptors (Lipinski definition) is 4. The molecule has 0 aliphatic heterocycles. The van der Waals surface area contributed by atoms with Crippen molar-refractivity contribution >= 4 is 21.4 Å². The monoisotopic (exact) mass is 306 g/mol. The second kappa shape index (κ2) is 7.12. The molecule has 0 aliphatic rings. The largest absolute Gasteiger partial charge is 0.492 e. The second-order valence-electron chi connectivity index (χ2n) is 4.36. The fraction of sp³-hybridized carbons (Fsp3) is 0.538. The molecular formula is C13H19ClO4S. The fourth-order valence-electron chi connectivity index (χ4n) is 1.67. The van der Waals surface area contributed by atoms with Crippen molar-refractivity contribution in [2.45, 2.75) is 26.4 Å². The summed E-state index contributed by atoms with van der Waals surface area (Å²) < 4.78 is 28.5. The first kappa shape index (κ1) is 16.3. The van der Waals surface area contributed by atoms with Crippen LogP contribution in [0.2, 0.25) is 5.02 Å². The van der Waals surface area contributed by atoms with Crippen LogP contribution in [0.4, 0.5) is 0 Å². The SMILES string of the molecule is CCCS(=O)(=O)CCOc1ccc(Cl)cc1[C@H](C)O. The molecule has 0 aromatic heterocycles. The van der Waals surface area contributed by atoms with E-state index in [2.05, 4.69) is 0 Å². The van der Waals surface area contributed by atoms with Gasteiger partial charge in [0.05, 0.1) is 17.6 Å². The van der Waals surface area contributed by atoms with Crippen LogP contribution in [0.15, 0.2) is 18.2 Å². The summed E-state index contributed by atoms with van der Waals surface area (Å²) in [5, 5.41) is 10.1. The molecule has 0 aliphatic carbocycles. The normalized spacial score (nSPS) is 13.3. The Morgan fingerprint density at radius 1 is 1.37 bits per heavy atom. The lowest BCUT2D eigenvalue weighted by atomic mass is 10.1. The third kappa shape index (κ3) is 5.38. The Kier molecular flexibility index (Phi) is 6.10. The van der Waals surface area contributed by atoms with Gasteiger partial charge in [0.1, 0.15) is 12.4 Å². The van der Waals surface area contributed by atoms with Crippen molar-refractivity contribution in [3.8, 4) is 5.75 Å². The summed E-state index contributed by atoms with van der Waals surface area (Å²) >= 11 is 5.85. The summed E-state index contributed by atoms with van der Waals surface area (Å²) in [5.41, 5.74) is 0.556. The number of rotatable bonds is 7. The van der Waals surface area contributed by atoms with Gasteiger partial charge in [0.15, 0.2) is 9.84 Å². The Hall–Kier alpha value is -0.780. The molecule has 1 atom stereocenters. The Bertz CT molecular complexity index is 511. The molecule has 0 saturated heterocycles. The van der Waals surface area contributed by atoms with Crippen LogP contribution >= 0.6 is 11.6 Å². The highest BCUT2D eigenvalue weighted by molar-refractivity contribution is 7.91. The summed E-state index contributed by atoms with van der Waals surface area (Å²) in [5.74, 6) is 0.606. The quantitative estimate of drug-likeness (QED) is 0.841. The second-order valence-corrected chi connectivity index (χ2v) is 7.10. The van der Waals surface area contributed by atoms with E-state index in [1.165, 1.54) is 0 Å². The molecule has 108 valence electrons. The van der Waals surface area contributed by atoms with Crippen molar-refractivity contribution in [2.24, 2.45) is 0 Å². The van der Waals surface area contributed by atoms with Crippen LogP contribution in [-0.4, -0.2) is 31.6 Å². The van der Waals surface area contributed by atoms with E-state index < -0.39 is 15.9 Å². The van der Waals surface area contributed by atoms with Crippen LogP contribution < -0.4 is 4.74 Å². The molecule has 0 radical (unpaired) electrons. The highest BCUT2D eigenvalue weighted by Crippen LogP contribution is 2.28. The molecule has 1 N–H and O–H groups in total. The number of hydrogen-bond donors (Lipinski definition) is 1. The van der Waals surface area contributed by atoms with Gasteiger partial charge >= 0.3 is 0 Å². The number of aliphatic hydroxyl groups excluding tert-OH is 1. The summed E-state index contributed by atoms with van der Waals surface area (Å²) in [6.07, 6.45) is -0.122. The topological polar surface area (TPSA) is 63.6 Å². The highest BCUT2D eigenvalue weighted by Gasteiger charge is 2.13. The van der Waals surface area contributed by atoms with Crippen LogP contribution in [0, 0.1) is 0 Å². The fourth-order valence-corrected chi connectivity index (χ4v) is 3.01. The molecule has 0 amide bonds. The van der Waals surface area contributed by atoms with E-state index in [4.69, 9.17) is 16.3 Å². The zero-order valence-corrected chi connectivity index (χ0v) is 12.7. The average molecular weight is 307 g/mol. The Balaban J connectivity index is 2.68. The van der Waals surface area contributed by atoms with Crippen molar-refractivity contribution < 1.29 is 18.3 Å². The number of aliphatic hydroxyl groups is 1. The van der Waals surface area contributed by atoms with Crippen LogP contribution in [0.1, 0.15) is 31.9 Å². The first-order valence-electron chi connectivity index (χ1n) is 6.16. The van der Waals surface area contributed by atoms with E-state index >= 15 is 0 Å². The minimum atomic E-state index is -3.06. The Morgan fingerprint density at radius 3 is 2.63 bits per heavy atom. The Labute approximate surface area is 119 Å². The van der Waals surface area contributed by atoms with Gasteiger partial charge < -0.3 is 9.84 Å². The zero-order valence-electron chi connectivity index (χ0n) is 11.1. The third-order valence-electron chi connectivity index (χ3n) is 2.59. The Morgan fingerprint density at radius 2 is 2.05 bits per heavy atom. The molecule has 19 heavy (non-hydrogen) atoms. The van der Waals surface area contributed by atoms with E-state index in [0.717, 1.165) is 0 Å². The van der Waals surface area contributed by atoms with Gasteiger partial charge in [-0.25, -0.2) is 8.42 Å². The minimum Gasteiger partial charge on any atom is -0.492 e. The zero-order chi connectivity index (χ0) is 14.5. The van der Waals surface area contributed by atoms with E-state index in [0.29, 0.717) is 22.8 Å². The lowest BCUT2D eigenvalue weighted by Gasteiger charge is -2.13. The van der Waals surface area contributed by atoms with Crippen LogP contribution in [0.25, 0.3) is 0 Å². The van der Waals surface area contributed by atoms with E-state index in [1.54, 1.807) is 25.1 Å². The summed E-state index contributed by atoms with van der Waals surface area (Å²) in [4.78, 5) is 0. The first-order chi connectivity index (χ1) is 8.85. The highest BCUT2D eigenvalue weighted by atomic mass is 35.5. The van der Waals surface area contributed by atoms with Gasteiger partial charge in [-0.1, -0.05) is 18.5 Å². The van der Waals surface area contributed by atoms with E-state index in [1.807, 2.05) is 6.92 Å². The maximum absolute atomic E-state index is 11.5. The molecule has 6 heteroatoms. The number of benzene rings is 1. The summed E-state index contributed by atoms with van der Waals surface area (Å²) in [6.45, 7) is 3.50. The van der Waals surface area contributed by atoms with Crippen LogP contribution in [0.5, 0.6) is 5.75 Å². The molecule has 4 nitrogen and oxygen atoms in total. The lowest BCUT2D eigenvalue weighted by Crippen LogP contribution is -2.17. The van der Waals surface area contributed by atoms with Crippen molar-refractivity contribution in [1.82, 2.24) is 0 Å². The van der Waals surface area contributed by atoms with E-state index in [-0.39, 0.29) is 18.1 Å². The predicted molar refractivity (Wildman–Crippen MR) is 76.5 cm³/mol. The third-order valence-corrected chi connectivity index (χ3v) is 4.64. The molecule has 0 spiro atoms. The van der Waals surface area contributed by atoms with Gasteiger partial charge in [-0.05, 0) is 31.5 Å². The number of sulfone groups is 1. The first-order valence-corrected chi connectivity index (χ1v) is 8.36. The van der Waals surface area contributed by atoms with Gasteiger partial charge in [0.2, 0.25) is 0 Å². The maximum atomic E-state index is 11.5. The van der Waals surface area contributed by atoms with Crippen molar-refractivity contribution in [2.75, 3.05) is 18.1 Å². The van der Waals surface area contributed by atoms with Crippen molar-refractivity contribution in [3.05, 3.63) is 28.8 Å². The van der Waals surface area contributed by atoms with Gasteiger partial charge in [-0.2, -0.15) is 0 Å². The van der Waals surface area contributed by atoms with Gasteiger partial charge in [0.25, 0.3) is 0 Å². The number of halogens is 1. The van der Waals surface area contributed by atoms with Crippen LogP contribution in [-0.2, 0) is 9.84 Å². The van der Waals surface area contributed by atoms with Gasteiger partial charge in [-0.3, -0.25) is 0 Å². The number of ether oxygens (including phenoxy) is 1. The average Bonchev–Trinajstić information content (AvgIpc) is 2.30. The van der Waals surface area contributed by atoms with Crippen molar-refractivity contribution in [1.29, 1.82) is 0 Å². The molecule has 0 fully saturated rings. The van der Waals surface area contributed by atoms with Gasteiger partial charge in [-0.15, -0.1) is 0 Å². The smallest absolute Gasteiger partial charge is 0.153 e. The standard InChI is InChI=1S/C13H19ClO4S/c1-3-7-19(16,17)8-6-18-13-5-4-11(14)9-12(13)10(2)15/h4-5,9-10,15H,3,6-8H2,1-2H3/t10-/m0/s1. The summed E-state index contributed by atoms with van der Waals surface area (Å²) in [6, 6.07) is 4.89. The lowest BCUT2D eigenvalue weighted by molar-refractivity contribution is 0.192. The van der Waals surface area contributed by atoms with Gasteiger partial charge in [0, 0.05) is 10.6 Å². The molecule has 1 aromatic carbocycles. The maximum Gasteiger partial charge on any atom is 0.153 e. The molecule has 0 heterocycles. The molecule has 0 unspecified atom stereocenters. The van der Waals surface area contributed by atoms with E-state index in [9.17, 15) is 13.5 Å². The summed E-state index contributed by atoms with van der Waals surface area (Å²) in [7, 11) is -3.06. The molecule has 0 bridgehead atoms. The molecule has 0 saturated carbocycles. The predicted octanol–water partition coefficient (Wildman–Crippen LogP) is 2.60. The molecular weight excluding hydrogens is 288 g/mol.